The van der Waals surface area contributed by atoms with Gasteiger partial charge in [0.05, 0.1) is 22.7 Å². The van der Waals surface area contributed by atoms with Crippen molar-refractivity contribution in [3.05, 3.63) is 34.2 Å². The number of thiophene rings is 1. The van der Waals surface area contributed by atoms with Crippen LogP contribution < -0.4 is 16.4 Å². The lowest BCUT2D eigenvalue weighted by molar-refractivity contribution is 0.0751. The number of pyridine rings is 1. The Hall–Kier alpha value is -2.10. The fraction of sp³-hybridized carbons (Fsp3) is 0.375. The van der Waals surface area contributed by atoms with Crippen LogP contribution in [0, 0.1) is 10.9 Å². The second kappa shape index (κ2) is 6.32. The molecule has 2 atom stereocenters. The van der Waals surface area contributed by atoms with Crippen molar-refractivity contribution in [2.45, 2.75) is 25.0 Å². The van der Waals surface area contributed by atoms with E-state index >= 15 is 0 Å². The maximum atomic E-state index is 14.9. The lowest BCUT2D eigenvalue weighted by atomic mass is 10.0. The summed E-state index contributed by atoms with van der Waals surface area (Å²) in [6, 6.07) is 2.36. The topological polar surface area (TPSA) is 89.3 Å². The molecule has 4 N–H and O–H groups in total. The number of carbonyl (C=O) groups excluding carboxylic acids is 1. The van der Waals surface area contributed by atoms with Crippen LogP contribution in [0.2, 0.25) is 0 Å². The van der Waals surface area contributed by atoms with Crippen LogP contribution in [0.15, 0.2) is 12.1 Å². The molecule has 0 saturated carbocycles. The number of anilines is 1. The number of amides is 1. The molecule has 2 aliphatic heterocycles. The molecular formula is C16H16F2N4O2S. The van der Waals surface area contributed by atoms with Crippen molar-refractivity contribution in [3.63, 3.8) is 0 Å². The van der Waals surface area contributed by atoms with Gasteiger partial charge in [-0.2, -0.15) is 4.39 Å². The molecule has 0 unspecified atom stereocenters. The summed E-state index contributed by atoms with van der Waals surface area (Å²) in [6.07, 6.45) is 0.625. The monoisotopic (exact) mass is 366 g/mol. The van der Waals surface area contributed by atoms with Crippen LogP contribution in [0.25, 0.3) is 10.6 Å². The molecule has 9 heteroatoms. The summed E-state index contributed by atoms with van der Waals surface area (Å²) >= 11 is 0.866. The number of nitrogens with one attached hydrogen (secondary N) is 2. The molecular weight excluding hydrogens is 350 g/mol. The van der Waals surface area contributed by atoms with Gasteiger partial charge in [0.25, 0.3) is 5.91 Å². The number of ether oxygens (including phenoxy) is 1. The van der Waals surface area contributed by atoms with E-state index in [4.69, 9.17) is 10.5 Å². The molecule has 0 bridgehead atoms. The average Bonchev–Trinajstić information content (AvgIpc) is 3.19. The highest BCUT2D eigenvalue weighted by molar-refractivity contribution is 7.13. The van der Waals surface area contributed by atoms with Crippen LogP contribution in [0.3, 0.4) is 0 Å². The summed E-state index contributed by atoms with van der Waals surface area (Å²) in [4.78, 5) is 16.9. The minimum absolute atomic E-state index is 0.0291. The minimum atomic E-state index is -0.576. The number of fused-ring (bicyclic) bond motifs is 1. The van der Waals surface area contributed by atoms with Crippen LogP contribution in [-0.2, 0) is 11.3 Å². The van der Waals surface area contributed by atoms with Crippen molar-refractivity contribution in [1.29, 1.82) is 0 Å². The van der Waals surface area contributed by atoms with Crippen LogP contribution in [0.5, 0.6) is 0 Å². The molecule has 1 fully saturated rings. The van der Waals surface area contributed by atoms with E-state index in [2.05, 4.69) is 15.6 Å². The Kier molecular flexibility index (Phi) is 4.14. The van der Waals surface area contributed by atoms with Gasteiger partial charge in [-0.3, -0.25) is 4.79 Å². The summed E-state index contributed by atoms with van der Waals surface area (Å²) in [5, 5.41) is 5.25. The Bertz CT molecular complexity index is 842. The van der Waals surface area contributed by atoms with E-state index in [0.717, 1.165) is 11.3 Å². The van der Waals surface area contributed by atoms with Crippen molar-refractivity contribution < 1.29 is 18.3 Å². The van der Waals surface area contributed by atoms with E-state index in [-0.39, 0.29) is 41.3 Å². The highest BCUT2D eigenvalue weighted by Gasteiger charge is 2.32. The number of rotatable bonds is 3. The van der Waals surface area contributed by atoms with Crippen molar-refractivity contribution in [2.24, 2.45) is 5.73 Å². The smallest absolute Gasteiger partial charge is 0.254 e. The van der Waals surface area contributed by atoms with Gasteiger partial charge >= 0.3 is 0 Å². The Morgan fingerprint density at radius 2 is 2.24 bits per heavy atom. The molecule has 0 radical (unpaired) electrons. The van der Waals surface area contributed by atoms with Gasteiger partial charge in [-0.1, -0.05) is 0 Å². The summed E-state index contributed by atoms with van der Waals surface area (Å²) in [5.74, 6) is -0.950. The summed E-state index contributed by atoms with van der Waals surface area (Å²) in [7, 11) is 0. The third-order valence-electron chi connectivity index (χ3n) is 4.42. The highest BCUT2D eigenvalue weighted by Crippen LogP contribution is 2.36. The zero-order chi connectivity index (χ0) is 17.6. The van der Waals surface area contributed by atoms with E-state index in [1.807, 2.05) is 0 Å². The maximum absolute atomic E-state index is 14.9. The summed E-state index contributed by atoms with van der Waals surface area (Å²) in [5.41, 5.74) is 6.70. The maximum Gasteiger partial charge on any atom is 0.254 e. The van der Waals surface area contributed by atoms with Crippen LogP contribution in [0.1, 0.15) is 22.3 Å². The van der Waals surface area contributed by atoms with Gasteiger partial charge in [-0.05, 0) is 18.6 Å². The number of carbonyl (C=O) groups is 1. The van der Waals surface area contributed by atoms with E-state index in [0.29, 0.717) is 24.5 Å². The second-order valence-electron chi connectivity index (χ2n) is 6.04. The lowest BCUT2D eigenvalue weighted by Crippen LogP contribution is -2.48. The molecule has 0 spiro atoms. The molecule has 1 saturated heterocycles. The quantitative estimate of drug-likeness (QED) is 0.772. The molecule has 4 heterocycles. The summed E-state index contributed by atoms with van der Waals surface area (Å²) < 4.78 is 33.6. The zero-order valence-electron chi connectivity index (χ0n) is 13.1. The van der Waals surface area contributed by atoms with Crippen LogP contribution >= 0.6 is 11.3 Å². The number of nitrogens with zero attached hydrogens (tertiary/aromatic N) is 1. The first kappa shape index (κ1) is 16.4. The first-order valence-corrected chi connectivity index (χ1v) is 8.72. The van der Waals surface area contributed by atoms with E-state index < -0.39 is 16.9 Å². The molecule has 1 amide bonds. The van der Waals surface area contributed by atoms with Crippen molar-refractivity contribution in [2.75, 3.05) is 18.5 Å². The average molecular weight is 366 g/mol. The number of hydrogen-bond donors (Lipinski definition) is 3. The van der Waals surface area contributed by atoms with Crippen molar-refractivity contribution >= 4 is 23.1 Å². The second-order valence-corrected chi connectivity index (χ2v) is 7.08. The predicted octanol–water partition coefficient (Wildman–Crippen LogP) is 1.86. The minimum Gasteiger partial charge on any atom is -0.380 e. The van der Waals surface area contributed by atoms with Gasteiger partial charge in [0.15, 0.2) is 16.8 Å². The van der Waals surface area contributed by atoms with Crippen molar-refractivity contribution in [3.8, 4) is 10.6 Å². The molecule has 132 valence electrons. The SMILES string of the molecule is N[C@H]1COCC[C@H]1Nc1nc(-c2ccc(F)s2)c2c(c1F)CNC2=O. The van der Waals surface area contributed by atoms with Gasteiger partial charge in [-0.15, -0.1) is 11.3 Å². The third kappa shape index (κ3) is 2.88. The first-order valence-electron chi connectivity index (χ1n) is 7.90. The fourth-order valence-electron chi connectivity index (χ4n) is 3.11. The molecule has 2 aliphatic rings. The normalized spacial score (nSPS) is 22.6. The van der Waals surface area contributed by atoms with Gasteiger partial charge < -0.3 is 21.1 Å². The molecule has 2 aromatic heterocycles. The van der Waals surface area contributed by atoms with E-state index in [9.17, 15) is 13.6 Å². The van der Waals surface area contributed by atoms with Crippen LogP contribution in [0.4, 0.5) is 14.6 Å². The Labute approximate surface area is 146 Å². The van der Waals surface area contributed by atoms with Crippen molar-refractivity contribution in [1.82, 2.24) is 10.3 Å². The van der Waals surface area contributed by atoms with Gasteiger partial charge in [-0.25, -0.2) is 9.37 Å². The molecule has 25 heavy (non-hydrogen) atoms. The molecule has 4 rings (SSSR count). The highest BCUT2D eigenvalue weighted by atomic mass is 32.1. The molecule has 2 aromatic rings. The standard InChI is InChI=1S/C16H16F2N4O2S/c17-11-2-1-10(25-11)14-12-7(5-20-16(12)23)13(18)15(22-14)21-9-3-4-24-6-8(9)19/h1-2,8-9H,3-6,19H2,(H,20,23)(H,21,22)/t8-,9+/m0/s1. The number of aromatic nitrogens is 1. The molecule has 0 aliphatic carbocycles. The zero-order valence-corrected chi connectivity index (χ0v) is 14.0. The Balaban J connectivity index is 1.79. The van der Waals surface area contributed by atoms with E-state index in [1.165, 1.54) is 12.1 Å². The fourth-order valence-corrected chi connectivity index (χ4v) is 3.84. The lowest BCUT2D eigenvalue weighted by Gasteiger charge is -2.30. The molecule has 0 aromatic carbocycles. The Morgan fingerprint density at radius 3 is 2.96 bits per heavy atom. The predicted molar refractivity (Wildman–Crippen MR) is 89.5 cm³/mol. The van der Waals surface area contributed by atoms with Gasteiger partial charge in [0, 0.05) is 30.8 Å². The largest absolute Gasteiger partial charge is 0.380 e. The van der Waals surface area contributed by atoms with Crippen LogP contribution in [-0.4, -0.2) is 36.2 Å². The first-order chi connectivity index (χ1) is 12.0. The summed E-state index contributed by atoms with van der Waals surface area (Å²) in [6.45, 7) is 0.992. The number of halogens is 2. The third-order valence-corrected chi connectivity index (χ3v) is 5.30. The number of nitrogens with two attached hydrogens (primary N) is 1. The number of hydrogen-bond acceptors (Lipinski definition) is 6. The Morgan fingerprint density at radius 1 is 1.40 bits per heavy atom. The molecule has 6 nitrogen and oxygen atoms in total. The van der Waals surface area contributed by atoms with Gasteiger partial charge in [0.1, 0.15) is 0 Å². The van der Waals surface area contributed by atoms with Gasteiger partial charge in [0.2, 0.25) is 0 Å². The van der Waals surface area contributed by atoms with E-state index in [1.54, 1.807) is 0 Å².